The van der Waals surface area contributed by atoms with Crippen LogP contribution < -0.4 is 0 Å². The average molecular weight is 286 g/mol. The minimum Gasteiger partial charge on any atom is -0.465 e. The first-order chi connectivity index (χ1) is 9.39. The predicted octanol–water partition coefficient (Wildman–Crippen LogP) is 4.59. The van der Waals surface area contributed by atoms with Crippen molar-refractivity contribution < 1.29 is 14.3 Å². The Hall–Kier alpha value is -0.570. The van der Waals surface area contributed by atoms with Gasteiger partial charge in [0.05, 0.1) is 19.6 Å². The van der Waals surface area contributed by atoms with E-state index < -0.39 is 0 Å². The van der Waals surface area contributed by atoms with E-state index in [0.29, 0.717) is 25.6 Å². The van der Waals surface area contributed by atoms with E-state index in [4.69, 9.17) is 9.47 Å². The molecule has 20 heavy (non-hydrogen) atoms. The van der Waals surface area contributed by atoms with E-state index in [1.165, 1.54) is 25.7 Å². The smallest absolute Gasteiger partial charge is 0.306 e. The number of carbonyl (C=O) groups is 1. The van der Waals surface area contributed by atoms with Gasteiger partial charge in [-0.3, -0.25) is 4.79 Å². The quantitative estimate of drug-likeness (QED) is 0.411. The Balaban J connectivity index is 3.98. The number of rotatable bonds is 11. The Morgan fingerprint density at radius 1 is 1.05 bits per heavy atom. The van der Waals surface area contributed by atoms with Gasteiger partial charge >= 0.3 is 5.97 Å². The third kappa shape index (κ3) is 12.5. The van der Waals surface area contributed by atoms with E-state index in [9.17, 15) is 4.79 Å². The topological polar surface area (TPSA) is 35.5 Å². The van der Waals surface area contributed by atoms with Crippen LogP contribution in [0.4, 0.5) is 0 Å². The standard InChI is InChI=1S/C17H34O3/c1-6-8-9-10-11-15(13-19-7-2)14-20-16(18)12-17(3,4)5/h15H,6-14H2,1-5H3. The van der Waals surface area contributed by atoms with E-state index in [-0.39, 0.29) is 11.4 Å². The van der Waals surface area contributed by atoms with E-state index in [2.05, 4.69) is 27.7 Å². The highest BCUT2D eigenvalue weighted by Gasteiger charge is 2.18. The molecule has 0 aromatic rings. The van der Waals surface area contributed by atoms with E-state index in [1.54, 1.807) is 0 Å². The van der Waals surface area contributed by atoms with Gasteiger partial charge in [-0.15, -0.1) is 0 Å². The maximum Gasteiger partial charge on any atom is 0.306 e. The summed E-state index contributed by atoms with van der Waals surface area (Å²) in [6, 6.07) is 0. The molecule has 0 bridgehead atoms. The summed E-state index contributed by atoms with van der Waals surface area (Å²) in [6.45, 7) is 12.3. The second-order valence-electron chi connectivity index (χ2n) is 6.80. The molecule has 0 spiro atoms. The van der Waals surface area contributed by atoms with Gasteiger partial charge in [0, 0.05) is 12.5 Å². The molecule has 0 fully saturated rings. The van der Waals surface area contributed by atoms with Crippen molar-refractivity contribution in [1.29, 1.82) is 0 Å². The predicted molar refractivity (Wildman–Crippen MR) is 83.8 cm³/mol. The molecule has 0 radical (unpaired) electrons. The molecule has 0 aliphatic rings. The molecule has 0 aliphatic heterocycles. The van der Waals surface area contributed by atoms with E-state index in [1.807, 2.05) is 6.92 Å². The third-order valence-electron chi connectivity index (χ3n) is 3.18. The fourth-order valence-electron chi connectivity index (χ4n) is 2.05. The van der Waals surface area contributed by atoms with E-state index in [0.717, 1.165) is 13.0 Å². The molecule has 1 atom stereocenters. The number of ether oxygens (including phenoxy) is 2. The van der Waals surface area contributed by atoms with Crippen LogP contribution in [0.15, 0.2) is 0 Å². The Labute approximate surface area is 125 Å². The summed E-state index contributed by atoms with van der Waals surface area (Å²) in [5, 5.41) is 0. The van der Waals surface area contributed by atoms with Crippen LogP contribution in [0.3, 0.4) is 0 Å². The summed E-state index contributed by atoms with van der Waals surface area (Å²) in [5.74, 6) is 0.253. The van der Waals surface area contributed by atoms with Crippen molar-refractivity contribution in [3.05, 3.63) is 0 Å². The molecule has 120 valence electrons. The summed E-state index contributed by atoms with van der Waals surface area (Å²) in [6.07, 6.45) is 6.55. The number of hydrogen-bond donors (Lipinski definition) is 0. The number of carbonyl (C=O) groups excluding carboxylic acids is 1. The van der Waals surface area contributed by atoms with Crippen LogP contribution in [0.5, 0.6) is 0 Å². The van der Waals surface area contributed by atoms with Crippen molar-refractivity contribution in [3.8, 4) is 0 Å². The van der Waals surface area contributed by atoms with Crippen molar-refractivity contribution in [2.45, 2.75) is 73.1 Å². The lowest BCUT2D eigenvalue weighted by Gasteiger charge is -2.20. The fourth-order valence-corrected chi connectivity index (χ4v) is 2.05. The zero-order valence-corrected chi connectivity index (χ0v) is 14.2. The van der Waals surface area contributed by atoms with Gasteiger partial charge in [0.15, 0.2) is 0 Å². The SMILES string of the molecule is CCCCCCC(COCC)COC(=O)CC(C)(C)C. The van der Waals surface area contributed by atoms with Crippen molar-refractivity contribution in [3.63, 3.8) is 0 Å². The molecule has 0 aromatic heterocycles. The summed E-state index contributed by atoms with van der Waals surface area (Å²) >= 11 is 0. The molecular formula is C17H34O3. The van der Waals surface area contributed by atoms with Crippen molar-refractivity contribution in [1.82, 2.24) is 0 Å². The second kappa shape index (κ2) is 11.1. The van der Waals surface area contributed by atoms with Gasteiger partial charge in [0.1, 0.15) is 0 Å². The largest absolute Gasteiger partial charge is 0.465 e. The van der Waals surface area contributed by atoms with Gasteiger partial charge in [-0.05, 0) is 18.8 Å². The van der Waals surface area contributed by atoms with Crippen LogP contribution >= 0.6 is 0 Å². The first kappa shape index (κ1) is 19.4. The number of hydrogen-bond acceptors (Lipinski definition) is 3. The maximum atomic E-state index is 11.8. The van der Waals surface area contributed by atoms with Gasteiger partial charge in [-0.2, -0.15) is 0 Å². The first-order valence-electron chi connectivity index (χ1n) is 8.12. The van der Waals surface area contributed by atoms with Crippen molar-refractivity contribution >= 4 is 5.97 Å². The lowest BCUT2D eigenvalue weighted by atomic mass is 9.92. The van der Waals surface area contributed by atoms with Gasteiger partial charge in [-0.25, -0.2) is 0 Å². The summed E-state index contributed by atoms with van der Waals surface area (Å²) in [5.41, 5.74) is -0.00632. The monoisotopic (exact) mass is 286 g/mol. The summed E-state index contributed by atoms with van der Waals surface area (Å²) in [7, 11) is 0. The molecule has 3 nitrogen and oxygen atoms in total. The van der Waals surface area contributed by atoms with Crippen LogP contribution in [0.1, 0.15) is 73.1 Å². The Morgan fingerprint density at radius 2 is 1.75 bits per heavy atom. The van der Waals surface area contributed by atoms with E-state index >= 15 is 0 Å². The van der Waals surface area contributed by atoms with Crippen LogP contribution in [-0.2, 0) is 14.3 Å². The summed E-state index contributed by atoms with van der Waals surface area (Å²) < 4.78 is 10.9. The van der Waals surface area contributed by atoms with Crippen LogP contribution in [0.25, 0.3) is 0 Å². The number of esters is 1. The van der Waals surface area contributed by atoms with Gasteiger partial charge in [-0.1, -0.05) is 53.4 Å². The molecule has 1 unspecified atom stereocenters. The average Bonchev–Trinajstić information content (AvgIpc) is 2.34. The molecule has 0 N–H and O–H groups in total. The molecule has 0 aromatic carbocycles. The van der Waals surface area contributed by atoms with Crippen LogP contribution in [-0.4, -0.2) is 25.8 Å². The molecule has 0 amide bonds. The minimum absolute atomic E-state index is 0.00632. The lowest BCUT2D eigenvalue weighted by molar-refractivity contribution is -0.147. The van der Waals surface area contributed by atoms with Gasteiger partial charge in [0.25, 0.3) is 0 Å². The normalized spacial score (nSPS) is 13.2. The van der Waals surface area contributed by atoms with Gasteiger partial charge in [0.2, 0.25) is 0 Å². The second-order valence-corrected chi connectivity index (χ2v) is 6.80. The zero-order chi connectivity index (χ0) is 15.4. The molecule has 0 saturated heterocycles. The lowest BCUT2D eigenvalue weighted by Crippen LogP contribution is -2.22. The highest BCUT2D eigenvalue weighted by Crippen LogP contribution is 2.20. The Bertz CT molecular complexity index is 243. The first-order valence-corrected chi connectivity index (χ1v) is 8.12. The molecule has 0 rings (SSSR count). The fraction of sp³-hybridized carbons (Fsp3) is 0.941. The third-order valence-corrected chi connectivity index (χ3v) is 3.18. The molecule has 0 heterocycles. The van der Waals surface area contributed by atoms with Crippen molar-refractivity contribution in [2.24, 2.45) is 11.3 Å². The maximum absolute atomic E-state index is 11.8. The molecule has 3 heteroatoms. The van der Waals surface area contributed by atoms with Crippen molar-refractivity contribution in [2.75, 3.05) is 19.8 Å². The van der Waals surface area contributed by atoms with Gasteiger partial charge < -0.3 is 9.47 Å². The summed E-state index contributed by atoms with van der Waals surface area (Å²) in [4.78, 5) is 11.8. The molecular weight excluding hydrogens is 252 g/mol. The zero-order valence-electron chi connectivity index (χ0n) is 14.2. The minimum atomic E-state index is -0.0902. The Kier molecular flexibility index (Phi) is 10.8. The highest BCUT2D eigenvalue weighted by atomic mass is 16.5. The molecule has 0 aliphatic carbocycles. The van der Waals surface area contributed by atoms with Crippen LogP contribution in [0, 0.1) is 11.3 Å². The molecule has 0 saturated carbocycles. The highest BCUT2D eigenvalue weighted by molar-refractivity contribution is 5.70. The number of unbranched alkanes of at least 4 members (excludes halogenated alkanes) is 3. The van der Waals surface area contributed by atoms with Crippen LogP contribution in [0.2, 0.25) is 0 Å². The Morgan fingerprint density at radius 3 is 2.30 bits per heavy atom.